The van der Waals surface area contributed by atoms with Gasteiger partial charge in [0.1, 0.15) is 0 Å². The van der Waals surface area contributed by atoms with Crippen LogP contribution in [0.2, 0.25) is 0 Å². The Morgan fingerprint density at radius 1 is 1.25 bits per heavy atom. The molecule has 0 aromatic heterocycles. The zero-order valence-electron chi connectivity index (χ0n) is 9.63. The number of rotatable bonds is 2. The molecule has 1 saturated carbocycles. The highest BCUT2D eigenvalue weighted by Gasteiger charge is 2.32. The van der Waals surface area contributed by atoms with Gasteiger partial charge in [-0.15, -0.1) is 0 Å². The lowest BCUT2D eigenvalue weighted by Gasteiger charge is -2.34. The molecule has 0 atom stereocenters. The minimum absolute atomic E-state index is 0.285. The Morgan fingerprint density at radius 3 is 2.56 bits per heavy atom. The molecule has 88 valence electrons. The molecule has 3 heteroatoms. The molecule has 0 saturated heterocycles. The highest BCUT2D eigenvalue weighted by molar-refractivity contribution is 5.35. The van der Waals surface area contributed by atoms with Crippen molar-refractivity contribution in [3.8, 4) is 5.75 Å². The Hall–Kier alpha value is -1.09. The predicted octanol–water partition coefficient (Wildman–Crippen LogP) is 2.95. The summed E-state index contributed by atoms with van der Waals surface area (Å²) in [5, 5.41) is 0. The van der Waals surface area contributed by atoms with Crippen molar-refractivity contribution in [3.63, 3.8) is 0 Å². The summed E-state index contributed by atoms with van der Waals surface area (Å²) in [6.07, 6.45) is 5.07. The minimum atomic E-state index is -0.503. The van der Waals surface area contributed by atoms with Crippen molar-refractivity contribution < 1.29 is 9.13 Å². The van der Waals surface area contributed by atoms with Gasteiger partial charge in [0.15, 0.2) is 11.6 Å². The molecule has 16 heavy (non-hydrogen) atoms. The summed E-state index contributed by atoms with van der Waals surface area (Å²) in [5.41, 5.74) is 6.41. The van der Waals surface area contributed by atoms with E-state index >= 15 is 0 Å². The van der Waals surface area contributed by atoms with E-state index in [1.165, 1.54) is 13.5 Å². The summed E-state index contributed by atoms with van der Waals surface area (Å²) in [6, 6.07) is 5.22. The van der Waals surface area contributed by atoms with Gasteiger partial charge < -0.3 is 10.5 Å². The maximum absolute atomic E-state index is 14.1. The minimum Gasteiger partial charge on any atom is -0.494 e. The van der Waals surface area contributed by atoms with E-state index in [0.29, 0.717) is 5.56 Å². The lowest BCUT2D eigenvalue weighted by atomic mass is 9.77. The molecule has 1 aliphatic rings. The second-order valence-electron chi connectivity index (χ2n) is 4.54. The summed E-state index contributed by atoms with van der Waals surface area (Å²) >= 11 is 0. The van der Waals surface area contributed by atoms with Crippen molar-refractivity contribution in [2.75, 3.05) is 7.11 Å². The Balaban J connectivity index is 2.38. The van der Waals surface area contributed by atoms with E-state index < -0.39 is 5.54 Å². The molecule has 1 fully saturated rings. The van der Waals surface area contributed by atoms with Crippen LogP contribution in [-0.2, 0) is 5.54 Å². The van der Waals surface area contributed by atoms with E-state index in [1.807, 2.05) is 0 Å². The monoisotopic (exact) mass is 223 g/mol. The van der Waals surface area contributed by atoms with Crippen LogP contribution in [-0.4, -0.2) is 7.11 Å². The van der Waals surface area contributed by atoms with Crippen LogP contribution in [0.3, 0.4) is 0 Å². The average Bonchev–Trinajstić information content (AvgIpc) is 2.30. The second kappa shape index (κ2) is 4.42. The number of hydrogen-bond acceptors (Lipinski definition) is 2. The molecule has 0 radical (unpaired) electrons. The van der Waals surface area contributed by atoms with Gasteiger partial charge >= 0.3 is 0 Å². The van der Waals surface area contributed by atoms with Crippen LogP contribution in [0.15, 0.2) is 18.2 Å². The number of ether oxygens (including phenoxy) is 1. The van der Waals surface area contributed by atoms with E-state index in [2.05, 4.69) is 0 Å². The van der Waals surface area contributed by atoms with Crippen molar-refractivity contribution in [3.05, 3.63) is 29.6 Å². The topological polar surface area (TPSA) is 35.2 Å². The zero-order chi connectivity index (χ0) is 11.6. The highest BCUT2D eigenvalue weighted by atomic mass is 19.1. The van der Waals surface area contributed by atoms with Crippen LogP contribution >= 0.6 is 0 Å². The van der Waals surface area contributed by atoms with Crippen LogP contribution in [0.25, 0.3) is 0 Å². The first kappa shape index (κ1) is 11.4. The fourth-order valence-electron chi connectivity index (χ4n) is 2.50. The van der Waals surface area contributed by atoms with Crippen LogP contribution in [0.5, 0.6) is 5.75 Å². The average molecular weight is 223 g/mol. The van der Waals surface area contributed by atoms with Gasteiger partial charge in [0.05, 0.1) is 7.11 Å². The van der Waals surface area contributed by atoms with Crippen molar-refractivity contribution in [1.29, 1.82) is 0 Å². The van der Waals surface area contributed by atoms with Crippen molar-refractivity contribution in [2.45, 2.75) is 37.6 Å². The van der Waals surface area contributed by atoms with Crippen LogP contribution in [0, 0.1) is 5.82 Å². The molecule has 1 aromatic carbocycles. The third kappa shape index (κ3) is 1.92. The van der Waals surface area contributed by atoms with Crippen LogP contribution in [0.4, 0.5) is 4.39 Å². The fraction of sp³-hybridized carbons (Fsp3) is 0.538. The van der Waals surface area contributed by atoms with E-state index in [0.717, 1.165) is 25.7 Å². The maximum atomic E-state index is 14.1. The molecule has 0 spiro atoms. The van der Waals surface area contributed by atoms with Gasteiger partial charge in [0.2, 0.25) is 0 Å². The van der Waals surface area contributed by atoms with Gasteiger partial charge in [-0.3, -0.25) is 0 Å². The molecule has 1 aliphatic carbocycles. The summed E-state index contributed by atoms with van der Waals surface area (Å²) in [4.78, 5) is 0. The molecule has 2 N–H and O–H groups in total. The first-order chi connectivity index (χ1) is 7.67. The lowest BCUT2D eigenvalue weighted by Crippen LogP contribution is -2.39. The summed E-state index contributed by atoms with van der Waals surface area (Å²) in [5.74, 6) is -0.0118. The molecule has 0 aliphatic heterocycles. The largest absolute Gasteiger partial charge is 0.494 e. The van der Waals surface area contributed by atoms with E-state index in [4.69, 9.17) is 10.5 Å². The molecule has 0 unspecified atom stereocenters. The number of nitrogens with two attached hydrogens (primary N) is 1. The summed E-state index contributed by atoms with van der Waals surface area (Å²) in [6.45, 7) is 0. The Kier molecular flexibility index (Phi) is 3.15. The van der Waals surface area contributed by atoms with Crippen molar-refractivity contribution in [1.82, 2.24) is 0 Å². The molecule has 2 rings (SSSR count). The third-order valence-corrected chi connectivity index (χ3v) is 3.47. The third-order valence-electron chi connectivity index (χ3n) is 3.47. The van der Waals surface area contributed by atoms with Crippen molar-refractivity contribution in [2.24, 2.45) is 5.73 Å². The van der Waals surface area contributed by atoms with Gasteiger partial charge in [-0.2, -0.15) is 0 Å². The number of benzene rings is 1. The SMILES string of the molecule is COc1cccc(C2(N)CCCCC2)c1F. The van der Waals surface area contributed by atoms with E-state index in [1.54, 1.807) is 18.2 Å². The molecular formula is C13H18FNO. The maximum Gasteiger partial charge on any atom is 0.170 e. The first-order valence-corrected chi connectivity index (χ1v) is 5.79. The zero-order valence-corrected chi connectivity index (χ0v) is 9.63. The van der Waals surface area contributed by atoms with Crippen LogP contribution in [0.1, 0.15) is 37.7 Å². The van der Waals surface area contributed by atoms with E-state index in [-0.39, 0.29) is 11.6 Å². The van der Waals surface area contributed by atoms with Crippen molar-refractivity contribution >= 4 is 0 Å². The van der Waals surface area contributed by atoms with Gasteiger partial charge in [0, 0.05) is 11.1 Å². The molecular weight excluding hydrogens is 205 g/mol. The highest BCUT2D eigenvalue weighted by Crippen LogP contribution is 2.37. The summed E-state index contributed by atoms with van der Waals surface area (Å²) < 4.78 is 19.1. The molecule has 0 heterocycles. The number of methoxy groups -OCH3 is 1. The quantitative estimate of drug-likeness (QED) is 0.836. The normalized spacial score (nSPS) is 19.4. The Labute approximate surface area is 95.6 Å². The smallest absolute Gasteiger partial charge is 0.170 e. The predicted molar refractivity (Wildman–Crippen MR) is 61.9 cm³/mol. The summed E-state index contributed by atoms with van der Waals surface area (Å²) in [7, 11) is 1.48. The van der Waals surface area contributed by atoms with Crippen LogP contribution < -0.4 is 10.5 Å². The number of halogens is 1. The van der Waals surface area contributed by atoms with E-state index in [9.17, 15) is 4.39 Å². The molecule has 1 aromatic rings. The Bertz CT molecular complexity index is 372. The second-order valence-corrected chi connectivity index (χ2v) is 4.54. The molecule has 0 amide bonds. The van der Waals surface area contributed by atoms with Gasteiger partial charge in [-0.05, 0) is 18.9 Å². The molecule has 2 nitrogen and oxygen atoms in total. The number of hydrogen-bond donors (Lipinski definition) is 1. The fourth-order valence-corrected chi connectivity index (χ4v) is 2.50. The van der Waals surface area contributed by atoms with Gasteiger partial charge in [-0.1, -0.05) is 31.4 Å². The lowest BCUT2D eigenvalue weighted by molar-refractivity contribution is 0.287. The van der Waals surface area contributed by atoms with Gasteiger partial charge in [-0.25, -0.2) is 4.39 Å². The first-order valence-electron chi connectivity index (χ1n) is 5.79. The molecule has 0 bridgehead atoms. The standard InChI is InChI=1S/C13H18FNO/c1-16-11-7-5-6-10(12(11)14)13(15)8-3-2-4-9-13/h5-7H,2-4,8-9,15H2,1H3. The Morgan fingerprint density at radius 2 is 1.94 bits per heavy atom. The van der Waals surface area contributed by atoms with Gasteiger partial charge in [0.25, 0.3) is 0 Å².